The number of hydrogen-bond acceptors (Lipinski definition) is 3. The summed E-state index contributed by atoms with van der Waals surface area (Å²) in [7, 11) is 0. The van der Waals surface area contributed by atoms with E-state index in [0.717, 1.165) is 0 Å². The van der Waals surface area contributed by atoms with Gasteiger partial charge < -0.3 is 20.3 Å². The normalized spacial score (nSPS) is 12.9. The number of nitrogens with one attached hydrogen (secondary N) is 2. The molecule has 0 bridgehead atoms. The van der Waals surface area contributed by atoms with Gasteiger partial charge in [0, 0.05) is 18.3 Å². The Morgan fingerprint density at radius 3 is 2.65 bits per heavy atom. The summed E-state index contributed by atoms with van der Waals surface area (Å²) in [5, 5.41) is 12.2. The van der Waals surface area contributed by atoms with Crippen LogP contribution >= 0.6 is 0 Å². The number of amides is 2. The Morgan fingerprint density at radius 1 is 1.39 bits per heavy atom. The minimum Gasteiger partial charge on any atom is -0.392 e. The highest BCUT2D eigenvalue weighted by Crippen LogP contribution is 2.22. The van der Waals surface area contributed by atoms with E-state index in [9.17, 15) is 18.7 Å². The van der Waals surface area contributed by atoms with Crippen LogP contribution in [-0.2, 0) is 0 Å². The number of rotatable bonds is 5. The number of imidazole rings is 1. The Hall–Kier alpha value is -2.22. The first-order chi connectivity index (χ1) is 10.8. The van der Waals surface area contributed by atoms with Gasteiger partial charge in [0.25, 0.3) is 6.43 Å². The van der Waals surface area contributed by atoms with E-state index in [0.29, 0.717) is 16.7 Å². The number of aromatic nitrogens is 2. The molecule has 0 aliphatic carbocycles. The second kappa shape index (κ2) is 6.91. The van der Waals surface area contributed by atoms with Crippen LogP contribution in [0.5, 0.6) is 0 Å². The van der Waals surface area contributed by atoms with Crippen molar-refractivity contribution in [1.29, 1.82) is 0 Å². The van der Waals surface area contributed by atoms with Gasteiger partial charge in [-0.05, 0) is 39.0 Å². The van der Waals surface area contributed by atoms with Crippen molar-refractivity contribution in [3.63, 3.8) is 0 Å². The largest absolute Gasteiger partial charge is 0.392 e. The smallest absolute Gasteiger partial charge is 0.322 e. The second-order valence-electron chi connectivity index (χ2n) is 5.68. The highest BCUT2D eigenvalue weighted by atomic mass is 19.3. The van der Waals surface area contributed by atoms with Crippen molar-refractivity contribution in [2.24, 2.45) is 0 Å². The summed E-state index contributed by atoms with van der Waals surface area (Å²) >= 11 is 0. The quantitative estimate of drug-likeness (QED) is 0.789. The average molecular weight is 326 g/mol. The number of benzene rings is 1. The van der Waals surface area contributed by atoms with Gasteiger partial charge in [-0.25, -0.2) is 18.6 Å². The first-order valence-electron chi connectivity index (χ1n) is 7.31. The van der Waals surface area contributed by atoms with Crippen LogP contribution in [0, 0.1) is 0 Å². The lowest BCUT2D eigenvalue weighted by molar-refractivity contribution is 0.125. The topological polar surface area (TPSA) is 81.2 Å². The number of aliphatic hydroxyl groups is 1. The number of hydrogen-bond donors (Lipinski definition) is 3. The van der Waals surface area contributed by atoms with E-state index in [1.54, 1.807) is 25.1 Å². The minimum absolute atomic E-state index is 0.0917. The molecular formula is C15H20F2N4O2. The van der Waals surface area contributed by atoms with E-state index < -0.39 is 18.4 Å². The molecule has 2 aromatic rings. The third-order valence-electron chi connectivity index (χ3n) is 3.30. The lowest BCUT2D eigenvalue weighted by Gasteiger charge is -2.28. The molecule has 0 fully saturated rings. The van der Waals surface area contributed by atoms with Gasteiger partial charge in [-0.15, -0.1) is 0 Å². The monoisotopic (exact) mass is 326 g/mol. The third kappa shape index (κ3) is 4.16. The summed E-state index contributed by atoms with van der Waals surface area (Å²) in [6.07, 6.45) is -3.32. The molecule has 0 aliphatic heterocycles. The molecular weight excluding hydrogens is 306 g/mol. The number of carbonyl (C=O) groups excluding carboxylic acids is 1. The summed E-state index contributed by atoms with van der Waals surface area (Å²) in [5.74, 6) is -0.401. The molecule has 2 rings (SSSR count). The summed E-state index contributed by atoms with van der Waals surface area (Å²) in [6, 6.07) is 4.24. The first-order valence-corrected chi connectivity index (χ1v) is 7.31. The van der Waals surface area contributed by atoms with Crippen LogP contribution in [-0.4, -0.2) is 44.7 Å². The molecule has 0 saturated carbocycles. The Balaban J connectivity index is 2.18. The highest BCUT2D eigenvalue weighted by Gasteiger charge is 2.19. The van der Waals surface area contributed by atoms with Crippen LogP contribution in [0.15, 0.2) is 18.2 Å². The number of alkyl halides is 2. The molecule has 0 saturated heterocycles. The summed E-state index contributed by atoms with van der Waals surface area (Å²) in [4.78, 5) is 20.1. The van der Waals surface area contributed by atoms with Gasteiger partial charge in [-0.3, -0.25) is 0 Å². The first kappa shape index (κ1) is 17.1. The Bertz CT molecular complexity index is 685. The molecule has 0 aliphatic rings. The lowest BCUT2D eigenvalue weighted by Crippen LogP contribution is -2.43. The molecule has 8 heteroatoms. The summed E-state index contributed by atoms with van der Waals surface area (Å²) < 4.78 is 25.3. The number of halogens is 2. The standard InChI is InChI=1S/C15H20F2N4O2/c1-8(2)21(7-9(3)22)15(23)18-10-4-5-11-12(6-10)20-14(19-11)13(16)17/h4-6,8-9,13,22H,7H2,1-3H3,(H,18,23)(H,19,20). The van der Waals surface area contributed by atoms with E-state index in [2.05, 4.69) is 15.3 Å². The van der Waals surface area contributed by atoms with Crippen LogP contribution < -0.4 is 5.32 Å². The molecule has 1 atom stereocenters. The molecule has 6 nitrogen and oxygen atoms in total. The molecule has 1 unspecified atom stereocenters. The van der Waals surface area contributed by atoms with Crippen molar-refractivity contribution in [2.75, 3.05) is 11.9 Å². The van der Waals surface area contributed by atoms with Gasteiger partial charge in [0.2, 0.25) is 0 Å². The van der Waals surface area contributed by atoms with Gasteiger partial charge in [0.15, 0.2) is 5.82 Å². The Kier molecular flexibility index (Phi) is 5.15. The lowest BCUT2D eigenvalue weighted by atomic mass is 10.2. The number of anilines is 1. The molecule has 126 valence electrons. The van der Waals surface area contributed by atoms with Crippen molar-refractivity contribution < 1.29 is 18.7 Å². The zero-order valence-electron chi connectivity index (χ0n) is 13.2. The molecule has 1 heterocycles. The number of nitrogens with zero attached hydrogens (tertiary/aromatic N) is 2. The molecule has 2 amide bonds. The number of H-pyrrole nitrogens is 1. The van der Waals surface area contributed by atoms with Crippen LogP contribution in [0.3, 0.4) is 0 Å². The molecule has 1 aromatic heterocycles. The fourth-order valence-electron chi connectivity index (χ4n) is 2.22. The second-order valence-corrected chi connectivity index (χ2v) is 5.68. The van der Waals surface area contributed by atoms with Gasteiger partial charge in [0.05, 0.1) is 17.1 Å². The van der Waals surface area contributed by atoms with Crippen molar-refractivity contribution in [3.05, 3.63) is 24.0 Å². The SMILES string of the molecule is CC(O)CN(C(=O)Nc1ccc2nc(C(F)F)[nH]c2c1)C(C)C. The molecule has 3 N–H and O–H groups in total. The van der Waals surface area contributed by atoms with Crippen LogP contribution in [0.25, 0.3) is 11.0 Å². The zero-order chi connectivity index (χ0) is 17.1. The van der Waals surface area contributed by atoms with E-state index >= 15 is 0 Å². The van der Waals surface area contributed by atoms with Crippen molar-refractivity contribution >= 4 is 22.8 Å². The number of urea groups is 1. The van der Waals surface area contributed by atoms with Crippen molar-refractivity contribution in [3.8, 4) is 0 Å². The maximum absolute atomic E-state index is 12.6. The summed E-state index contributed by atoms with van der Waals surface area (Å²) in [5.41, 5.74) is 1.29. The van der Waals surface area contributed by atoms with Gasteiger partial charge >= 0.3 is 6.03 Å². The molecule has 0 radical (unpaired) electrons. The highest BCUT2D eigenvalue weighted by molar-refractivity contribution is 5.92. The van der Waals surface area contributed by atoms with Crippen LogP contribution in [0.2, 0.25) is 0 Å². The molecule has 1 aromatic carbocycles. The predicted octanol–water partition coefficient (Wildman–Crippen LogP) is 3.12. The van der Waals surface area contributed by atoms with E-state index in [1.807, 2.05) is 13.8 Å². The van der Waals surface area contributed by atoms with E-state index in [1.165, 1.54) is 4.90 Å². The fraction of sp³-hybridized carbons (Fsp3) is 0.467. The van der Waals surface area contributed by atoms with Crippen molar-refractivity contribution in [1.82, 2.24) is 14.9 Å². The number of fused-ring (bicyclic) bond motifs is 1. The van der Waals surface area contributed by atoms with E-state index in [4.69, 9.17) is 0 Å². The Labute approximate surface area is 132 Å². The number of aromatic amines is 1. The fourth-order valence-corrected chi connectivity index (χ4v) is 2.22. The maximum atomic E-state index is 12.6. The molecule has 0 spiro atoms. The zero-order valence-corrected chi connectivity index (χ0v) is 13.2. The van der Waals surface area contributed by atoms with Crippen molar-refractivity contribution in [2.45, 2.75) is 39.3 Å². The number of carbonyl (C=O) groups is 1. The van der Waals surface area contributed by atoms with Gasteiger partial charge in [0.1, 0.15) is 0 Å². The predicted molar refractivity (Wildman–Crippen MR) is 83.6 cm³/mol. The van der Waals surface area contributed by atoms with Gasteiger partial charge in [-0.1, -0.05) is 0 Å². The Morgan fingerprint density at radius 2 is 2.09 bits per heavy atom. The summed E-state index contributed by atoms with van der Waals surface area (Å²) in [6.45, 7) is 5.49. The minimum atomic E-state index is -2.68. The van der Waals surface area contributed by atoms with Crippen LogP contribution in [0.4, 0.5) is 19.3 Å². The average Bonchev–Trinajstić information content (AvgIpc) is 2.87. The van der Waals surface area contributed by atoms with E-state index in [-0.39, 0.29) is 18.6 Å². The van der Waals surface area contributed by atoms with Gasteiger partial charge in [-0.2, -0.15) is 0 Å². The number of aliphatic hydroxyl groups excluding tert-OH is 1. The third-order valence-corrected chi connectivity index (χ3v) is 3.30. The maximum Gasteiger partial charge on any atom is 0.322 e. The van der Waals surface area contributed by atoms with Crippen LogP contribution in [0.1, 0.15) is 33.0 Å². The molecule has 23 heavy (non-hydrogen) atoms.